The average molecular weight is 298 g/mol. The number of rotatable bonds is 4. The second-order valence-corrected chi connectivity index (χ2v) is 6.99. The number of halogens is 1. The zero-order valence-electron chi connectivity index (χ0n) is 11.0. The van der Waals surface area contributed by atoms with Crippen molar-refractivity contribution >= 4 is 22.4 Å². The normalized spacial score (nSPS) is 27.1. The molecule has 18 heavy (non-hydrogen) atoms. The van der Waals surface area contributed by atoms with Crippen LogP contribution in [0, 0.1) is 0 Å². The average Bonchev–Trinajstić information content (AvgIpc) is 2.82. The van der Waals surface area contributed by atoms with Crippen LogP contribution in [0.15, 0.2) is 0 Å². The smallest absolute Gasteiger partial charge is 0.214 e. The molecule has 2 aliphatic rings. The number of hydrogen-bond donors (Lipinski definition) is 1. The Balaban J connectivity index is 0.00000162. The fraction of sp³-hybridized carbons (Fsp3) is 1.00. The Labute approximate surface area is 116 Å². The van der Waals surface area contributed by atoms with Crippen LogP contribution in [0.25, 0.3) is 0 Å². The van der Waals surface area contributed by atoms with Gasteiger partial charge in [0.2, 0.25) is 10.0 Å². The van der Waals surface area contributed by atoms with Crippen LogP contribution in [-0.4, -0.2) is 68.7 Å². The van der Waals surface area contributed by atoms with Crippen LogP contribution in [0.3, 0.4) is 0 Å². The van der Waals surface area contributed by atoms with E-state index in [1.54, 1.807) is 4.31 Å². The summed E-state index contributed by atoms with van der Waals surface area (Å²) in [6.07, 6.45) is 1.90. The zero-order valence-corrected chi connectivity index (χ0v) is 12.6. The maximum atomic E-state index is 11.9. The highest BCUT2D eigenvalue weighted by Crippen LogP contribution is 2.14. The van der Waals surface area contributed by atoms with Crippen molar-refractivity contribution in [2.75, 3.05) is 45.0 Å². The monoisotopic (exact) mass is 297 g/mol. The van der Waals surface area contributed by atoms with Crippen LogP contribution < -0.4 is 5.32 Å². The van der Waals surface area contributed by atoms with Gasteiger partial charge in [-0.1, -0.05) is 6.92 Å². The second kappa shape index (κ2) is 7.05. The third-order valence-corrected chi connectivity index (χ3v) is 5.76. The molecule has 0 spiro atoms. The third-order valence-electron chi connectivity index (χ3n) is 3.68. The van der Waals surface area contributed by atoms with Gasteiger partial charge >= 0.3 is 0 Å². The summed E-state index contributed by atoms with van der Waals surface area (Å²) in [4.78, 5) is 2.43. The molecule has 2 rings (SSSR count). The molecule has 0 amide bonds. The standard InChI is InChI=1S/C11H23N3O2S.ClH/c1-2-9-17(15,16)14-7-5-13(6-8-14)11-3-4-12-10-11;/h11-12H,2-10H2,1H3;1H. The van der Waals surface area contributed by atoms with E-state index in [-0.39, 0.29) is 18.2 Å². The van der Waals surface area contributed by atoms with Crippen molar-refractivity contribution in [1.82, 2.24) is 14.5 Å². The van der Waals surface area contributed by atoms with E-state index in [1.165, 1.54) is 6.42 Å². The van der Waals surface area contributed by atoms with Crippen LogP contribution in [0.2, 0.25) is 0 Å². The molecule has 0 aliphatic carbocycles. The van der Waals surface area contributed by atoms with Crippen LogP contribution in [0.4, 0.5) is 0 Å². The summed E-state index contributed by atoms with van der Waals surface area (Å²) >= 11 is 0. The van der Waals surface area contributed by atoms with Gasteiger partial charge in [-0.25, -0.2) is 8.42 Å². The van der Waals surface area contributed by atoms with Gasteiger partial charge in [-0.15, -0.1) is 12.4 Å². The minimum Gasteiger partial charge on any atom is -0.315 e. The van der Waals surface area contributed by atoms with E-state index >= 15 is 0 Å². The lowest BCUT2D eigenvalue weighted by Gasteiger charge is -2.37. The molecule has 0 radical (unpaired) electrons. The molecule has 2 saturated heterocycles. The SMILES string of the molecule is CCCS(=O)(=O)N1CCN(C2CCNC2)CC1.Cl. The molecule has 2 fully saturated rings. The summed E-state index contributed by atoms with van der Waals surface area (Å²) in [5.41, 5.74) is 0. The molecule has 2 heterocycles. The van der Waals surface area contributed by atoms with Crippen molar-refractivity contribution in [3.8, 4) is 0 Å². The predicted molar refractivity (Wildman–Crippen MR) is 75.7 cm³/mol. The summed E-state index contributed by atoms with van der Waals surface area (Å²) in [6, 6.07) is 0.617. The van der Waals surface area contributed by atoms with Crippen LogP contribution in [-0.2, 0) is 10.0 Å². The van der Waals surface area contributed by atoms with Crippen molar-refractivity contribution in [3.05, 3.63) is 0 Å². The number of piperazine rings is 1. The molecule has 108 valence electrons. The summed E-state index contributed by atoms with van der Waals surface area (Å²) in [5.74, 6) is 0.290. The lowest BCUT2D eigenvalue weighted by molar-refractivity contribution is 0.145. The molecule has 0 bridgehead atoms. The van der Waals surface area contributed by atoms with Crippen molar-refractivity contribution in [3.63, 3.8) is 0 Å². The first kappa shape index (κ1) is 16.2. The third kappa shape index (κ3) is 3.81. The molecular formula is C11H24ClN3O2S. The fourth-order valence-electron chi connectivity index (χ4n) is 2.69. The number of sulfonamides is 1. The van der Waals surface area contributed by atoms with E-state index in [2.05, 4.69) is 10.2 Å². The fourth-order valence-corrected chi connectivity index (χ4v) is 4.18. The van der Waals surface area contributed by atoms with E-state index in [0.29, 0.717) is 25.6 Å². The Hall–Kier alpha value is 0.120. The van der Waals surface area contributed by atoms with Gasteiger partial charge in [0, 0.05) is 38.8 Å². The molecule has 0 aromatic rings. The minimum atomic E-state index is -2.99. The molecule has 0 aromatic carbocycles. The largest absolute Gasteiger partial charge is 0.315 e. The van der Waals surface area contributed by atoms with Crippen molar-refractivity contribution < 1.29 is 8.42 Å². The Morgan fingerprint density at radius 2 is 1.89 bits per heavy atom. The Kier molecular flexibility index (Phi) is 6.34. The maximum absolute atomic E-state index is 11.9. The van der Waals surface area contributed by atoms with Crippen LogP contribution >= 0.6 is 12.4 Å². The highest BCUT2D eigenvalue weighted by Gasteiger charge is 2.30. The summed E-state index contributed by atoms with van der Waals surface area (Å²) in [6.45, 7) is 7.17. The molecular weight excluding hydrogens is 274 g/mol. The molecule has 1 unspecified atom stereocenters. The first-order valence-electron chi connectivity index (χ1n) is 6.56. The summed E-state index contributed by atoms with van der Waals surface area (Å²) in [5, 5.41) is 3.36. The molecule has 0 saturated carbocycles. The van der Waals surface area contributed by atoms with E-state index in [1.807, 2.05) is 6.92 Å². The van der Waals surface area contributed by atoms with Crippen molar-refractivity contribution in [1.29, 1.82) is 0 Å². The second-order valence-electron chi connectivity index (χ2n) is 4.90. The first-order valence-corrected chi connectivity index (χ1v) is 8.17. The van der Waals surface area contributed by atoms with Crippen molar-refractivity contribution in [2.24, 2.45) is 0 Å². The lowest BCUT2D eigenvalue weighted by Crippen LogP contribution is -2.52. The van der Waals surface area contributed by atoms with E-state index in [0.717, 1.165) is 26.2 Å². The highest BCUT2D eigenvalue weighted by molar-refractivity contribution is 7.89. The molecule has 2 aliphatic heterocycles. The molecule has 1 N–H and O–H groups in total. The molecule has 5 nitrogen and oxygen atoms in total. The van der Waals surface area contributed by atoms with Gasteiger partial charge in [0.1, 0.15) is 0 Å². The topological polar surface area (TPSA) is 52.7 Å². The number of nitrogens with zero attached hydrogens (tertiary/aromatic N) is 2. The van der Waals surface area contributed by atoms with Crippen molar-refractivity contribution in [2.45, 2.75) is 25.8 Å². The van der Waals surface area contributed by atoms with Crippen LogP contribution in [0.5, 0.6) is 0 Å². The first-order chi connectivity index (χ1) is 8.13. The number of hydrogen-bond acceptors (Lipinski definition) is 4. The molecule has 0 aromatic heterocycles. The summed E-state index contributed by atoms with van der Waals surface area (Å²) < 4.78 is 25.5. The van der Waals surface area contributed by atoms with Gasteiger partial charge < -0.3 is 5.32 Å². The molecule has 7 heteroatoms. The van der Waals surface area contributed by atoms with Gasteiger partial charge in [-0.2, -0.15) is 4.31 Å². The summed E-state index contributed by atoms with van der Waals surface area (Å²) in [7, 11) is -2.99. The van der Waals surface area contributed by atoms with Gasteiger partial charge in [0.05, 0.1) is 5.75 Å². The highest BCUT2D eigenvalue weighted by atomic mass is 35.5. The van der Waals surface area contributed by atoms with Crippen LogP contribution in [0.1, 0.15) is 19.8 Å². The van der Waals surface area contributed by atoms with Gasteiger partial charge in [0.25, 0.3) is 0 Å². The minimum absolute atomic E-state index is 0. The Morgan fingerprint density at radius 1 is 1.22 bits per heavy atom. The molecule has 1 atom stereocenters. The quantitative estimate of drug-likeness (QED) is 0.801. The van der Waals surface area contributed by atoms with E-state index in [4.69, 9.17) is 0 Å². The van der Waals surface area contributed by atoms with Gasteiger partial charge in [0.15, 0.2) is 0 Å². The Bertz CT molecular complexity index is 336. The van der Waals surface area contributed by atoms with Gasteiger partial charge in [-0.3, -0.25) is 4.90 Å². The maximum Gasteiger partial charge on any atom is 0.214 e. The number of nitrogens with one attached hydrogen (secondary N) is 1. The zero-order chi connectivity index (χ0) is 12.3. The van der Waals surface area contributed by atoms with E-state index in [9.17, 15) is 8.42 Å². The lowest BCUT2D eigenvalue weighted by atomic mass is 10.2. The Morgan fingerprint density at radius 3 is 2.39 bits per heavy atom. The van der Waals surface area contributed by atoms with Gasteiger partial charge in [-0.05, 0) is 19.4 Å². The predicted octanol–water partition coefficient (Wildman–Crippen LogP) is 0.128. The van der Waals surface area contributed by atoms with E-state index < -0.39 is 10.0 Å².